The molecule has 0 saturated carbocycles. The predicted molar refractivity (Wildman–Crippen MR) is 104 cm³/mol. The first kappa shape index (κ1) is 17.9. The predicted octanol–water partition coefficient (Wildman–Crippen LogP) is 4.70. The van der Waals surface area contributed by atoms with Crippen molar-refractivity contribution >= 4 is 29.2 Å². The van der Waals surface area contributed by atoms with E-state index < -0.39 is 0 Å². The van der Waals surface area contributed by atoms with Crippen molar-refractivity contribution in [3.8, 4) is 0 Å². The molecular weight excluding hydrogens is 326 g/mol. The summed E-state index contributed by atoms with van der Waals surface area (Å²) >= 11 is 0. The summed E-state index contributed by atoms with van der Waals surface area (Å²) in [4.78, 5) is 24.5. The number of amides is 1. The fourth-order valence-electron chi connectivity index (χ4n) is 3.07. The Bertz CT molecular complexity index is 867. The fourth-order valence-corrected chi connectivity index (χ4v) is 3.07. The summed E-state index contributed by atoms with van der Waals surface area (Å²) < 4.78 is 5.16. The van der Waals surface area contributed by atoms with Gasteiger partial charge in [-0.2, -0.15) is 0 Å². The average Bonchev–Trinajstić information content (AvgIpc) is 2.96. The minimum Gasteiger partial charge on any atom is -0.462 e. The third-order valence-electron chi connectivity index (χ3n) is 4.35. The molecule has 0 saturated heterocycles. The van der Waals surface area contributed by atoms with E-state index in [0.717, 1.165) is 30.4 Å². The highest BCUT2D eigenvalue weighted by Crippen LogP contribution is 2.34. The number of benzene rings is 2. The second-order valence-corrected chi connectivity index (χ2v) is 6.36. The minimum absolute atomic E-state index is 0.148. The Hall–Kier alpha value is -2.88. The molecule has 0 unspecified atom stereocenters. The zero-order valence-corrected chi connectivity index (χ0v) is 15.2. The van der Waals surface area contributed by atoms with Crippen molar-refractivity contribution < 1.29 is 14.3 Å². The van der Waals surface area contributed by atoms with Crippen molar-refractivity contribution in [2.45, 2.75) is 33.1 Å². The van der Waals surface area contributed by atoms with Gasteiger partial charge in [0.2, 0.25) is 0 Å². The zero-order chi connectivity index (χ0) is 18.5. The topological polar surface area (TPSA) is 55.4 Å². The van der Waals surface area contributed by atoms with E-state index in [1.807, 2.05) is 37.3 Å². The summed E-state index contributed by atoms with van der Waals surface area (Å²) in [7, 11) is 0. The lowest BCUT2D eigenvalue weighted by Gasteiger charge is -2.06. The van der Waals surface area contributed by atoms with Crippen LogP contribution in [0.3, 0.4) is 0 Å². The fraction of sp³-hybridized carbons (Fsp3) is 0.273. The maximum Gasteiger partial charge on any atom is 0.338 e. The molecular formula is C22H23NO3. The first-order valence-corrected chi connectivity index (χ1v) is 9.06. The maximum absolute atomic E-state index is 12.5. The molecule has 26 heavy (non-hydrogen) atoms. The first-order valence-electron chi connectivity index (χ1n) is 9.06. The van der Waals surface area contributed by atoms with Gasteiger partial charge in [0, 0.05) is 16.8 Å². The lowest BCUT2D eigenvalue weighted by molar-refractivity contribution is -0.110. The van der Waals surface area contributed by atoms with Gasteiger partial charge in [-0.1, -0.05) is 50.6 Å². The molecule has 0 bridgehead atoms. The standard InChI is InChI=1S/C22H23NO3/c1-3-7-15-8-5-6-9-16(15)13-19-18-11-10-17(22(25)26-12-4-2)14-20(18)23-21(19)24/h5-6,8-11,13-14H,3-4,7,12H2,1-2H3,(H,23,24)/b19-13+. The minimum atomic E-state index is -0.366. The summed E-state index contributed by atoms with van der Waals surface area (Å²) in [6, 6.07) is 13.3. The highest BCUT2D eigenvalue weighted by molar-refractivity contribution is 6.35. The normalized spacial score (nSPS) is 14.2. The number of nitrogens with one attached hydrogen (secondary N) is 1. The van der Waals surface area contributed by atoms with Crippen LogP contribution in [0.15, 0.2) is 42.5 Å². The van der Waals surface area contributed by atoms with Crippen LogP contribution in [0.5, 0.6) is 0 Å². The molecule has 3 rings (SSSR count). The van der Waals surface area contributed by atoms with Gasteiger partial charge in [0.05, 0.1) is 12.2 Å². The van der Waals surface area contributed by atoms with Crippen LogP contribution >= 0.6 is 0 Å². The summed E-state index contributed by atoms with van der Waals surface area (Å²) in [6.45, 7) is 4.48. The third-order valence-corrected chi connectivity index (χ3v) is 4.35. The quantitative estimate of drug-likeness (QED) is 0.607. The van der Waals surface area contributed by atoms with Crippen LogP contribution in [0.4, 0.5) is 5.69 Å². The number of hydrogen-bond donors (Lipinski definition) is 1. The number of carbonyl (C=O) groups excluding carboxylic acids is 2. The summed E-state index contributed by atoms with van der Waals surface area (Å²) in [5.41, 5.74) is 4.82. The van der Waals surface area contributed by atoms with Crippen molar-refractivity contribution in [3.63, 3.8) is 0 Å². The van der Waals surface area contributed by atoms with Gasteiger partial charge >= 0.3 is 5.97 Å². The summed E-state index contributed by atoms with van der Waals surface area (Å²) in [5, 5.41) is 2.86. The van der Waals surface area contributed by atoms with Crippen LogP contribution < -0.4 is 5.32 Å². The molecule has 0 fully saturated rings. The number of esters is 1. The van der Waals surface area contributed by atoms with Crippen molar-refractivity contribution in [1.82, 2.24) is 0 Å². The van der Waals surface area contributed by atoms with Crippen LogP contribution in [0.2, 0.25) is 0 Å². The molecule has 1 heterocycles. The molecule has 1 amide bonds. The Labute approximate surface area is 153 Å². The van der Waals surface area contributed by atoms with Crippen molar-refractivity contribution in [2.75, 3.05) is 11.9 Å². The van der Waals surface area contributed by atoms with E-state index in [-0.39, 0.29) is 11.9 Å². The maximum atomic E-state index is 12.5. The number of rotatable bonds is 6. The van der Waals surface area contributed by atoms with Gasteiger partial charge in [-0.05, 0) is 42.2 Å². The van der Waals surface area contributed by atoms with Crippen LogP contribution in [0.1, 0.15) is 53.7 Å². The molecule has 0 spiro atoms. The van der Waals surface area contributed by atoms with E-state index in [9.17, 15) is 9.59 Å². The summed E-state index contributed by atoms with van der Waals surface area (Å²) in [6.07, 6.45) is 4.72. The van der Waals surface area contributed by atoms with Gasteiger partial charge in [-0.3, -0.25) is 4.79 Å². The Kier molecular flexibility index (Phi) is 5.52. The van der Waals surface area contributed by atoms with Gasteiger partial charge < -0.3 is 10.1 Å². The Morgan fingerprint density at radius 3 is 2.69 bits per heavy atom. The van der Waals surface area contributed by atoms with Gasteiger partial charge in [-0.15, -0.1) is 0 Å². The van der Waals surface area contributed by atoms with Gasteiger partial charge in [0.1, 0.15) is 0 Å². The van der Waals surface area contributed by atoms with E-state index in [4.69, 9.17) is 4.74 Å². The molecule has 4 nitrogen and oxygen atoms in total. The Morgan fingerprint density at radius 2 is 1.92 bits per heavy atom. The number of fused-ring (bicyclic) bond motifs is 1. The monoisotopic (exact) mass is 349 g/mol. The largest absolute Gasteiger partial charge is 0.462 e. The van der Waals surface area contributed by atoms with E-state index in [0.29, 0.717) is 23.4 Å². The lowest BCUT2D eigenvalue weighted by Crippen LogP contribution is -2.06. The number of carbonyl (C=O) groups is 2. The van der Waals surface area contributed by atoms with E-state index in [1.165, 1.54) is 5.56 Å². The van der Waals surface area contributed by atoms with E-state index in [2.05, 4.69) is 18.3 Å². The second-order valence-electron chi connectivity index (χ2n) is 6.36. The summed E-state index contributed by atoms with van der Waals surface area (Å²) in [5.74, 6) is -0.514. The number of anilines is 1. The van der Waals surface area contributed by atoms with Gasteiger partial charge in [0.15, 0.2) is 0 Å². The SMILES string of the molecule is CCCOC(=O)c1ccc2c(c1)NC(=O)/C2=C/c1ccccc1CCC. The third kappa shape index (κ3) is 3.69. The number of aryl methyl sites for hydroxylation is 1. The molecule has 1 N–H and O–H groups in total. The van der Waals surface area contributed by atoms with Crippen LogP contribution in [-0.2, 0) is 16.0 Å². The molecule has 0 radical (unpaired) electrons. The molecule has 0 aliphatic carbocycles. The molecule has 1 aliphatic rings. The van der Waals surface area contributed by atoms with Crippen LogP contribution in [0, 0.1) is 0 Å². The number of hydrogen-bond acceptors (Lipinski definition) is 3. The molecule has 134 valence electrons. The molecule has 2 aromatic rings. The molecule has 4 heteroatoms. The number of ether oxygens (including phenoxy) is 1. The van der Waals surface area contributed by atoms with Crippen molar-refractivity contribution in [1.29, 1.82) is 0 Å². The first-order chi connectivity index (χ1) is 12.6. The van der Waals surface area contributed by atoms with E-state index in [1.54, 1.807) is 12.1 Å². The van der Waals surface area contributed by atoms with Crippen molar-refractivity contribution in [3.05, 3.63) is 64.7 Å². The molecule has 1 aliphatic heterocycles. The van der Waals surface area contributed by atoms with Crippen molar-refractivity contribution in [2.24, 2.45) is 0 Å². The Morgan fingerprint density at radius 1 is 1.12 bits per heavy atom. The highest BCUT2D eigenvalue weighted by Gasteiger charge is 2.25. The van der Waals surface area contributed by atoms with Gasteiger partial charge in [0.25, 0.3) is 5.91 Å². The Balaban J connectivity index is 1.94. The molecule has 0 atom stereocenters. The van der Waals surface area contributed by atoms with Gasteiger partial charge in [-0.25, -0.2) is 4.79 Å². The molecule has 0 aromatic heterocycles. The van der Waals surface area contributed by atoms with Crippen LogP contribution in [0.25, 0.3) is 11.6 Å². The smallest absolute Gasteiger partial charge is 0.338 e. The van der Waals surface area contributed by atoms with E-state index >= 15 is 0 Å². The lowest BCUT2D eigenvalue weighted by atomic mass is 9.98. The zero-order valence-electron chi connectivity index (χ0n) is 15.2. The molecule has 2 aromatic carbocycles. The van der Waals surface area contributed by atoms with Crippen LogP contribution in [-0.4, -0.2) is 18.5 Å². The average molecular weight is 349 g/mol. The highest BCUT2D eigenvalue weighted by atomic mass is 16.5. The second kappa shape index (κ2) is 8.00.